The van der Waals surface area contributed by atoms with Gasteiger partial charge in [-0.3, -0.25) is 34.2 Å². The van der Waals surface area contributed by atoms with Crippen LogP contribution < -0.4 is 14.5 Å². The summed E-state index contributed by atoms with van der Waals surface area (Å²) in [4.78, 5) is 69.7. The van der Waals surface area contributed by atoms with Gasteiger partial charge in [-0.1, -0.05) is 35.9 Å². The highest BCUT2D eigenvalue weighted by Crippen LogP contribution is 2.64. The second-order valence-electron chi connectivity index (χ2n) is 12.4. The second-order valence-corrected chi connectivity index (χ2v) is 12.4. The summed E-state index contributed by atoms with van der Waals surface area (Å²) in [6.07, 6.45) is 2.39. The summed E-state index contributed by atoms with van der Waals surface area (Å²) in [6, 6.07) is 18.9. The third-order valence-electron chi connectivity index (χ3n) is 10.2. The summed E-state index contributed by atoms with van der Waals surface area (Å²) in [5, 5.41) is 21.7. The number of amides is 4. The van der Waals surface area contributed by atoms with Crippen LogP contribution in [0.4, 0.5) is 17.1 Å². The Morgan fingerprint density at radius 2 is 1.61 bits per heavy atom. The lowest BCUT2D eigenvalue weighted by Crippen LogP contribution is -2.48. The van der Waals surface area contributed by atoms with E-state index in [-0.39, 0.29) is 47.5 Å². The monoisotopic (exact) mass is 621 g/mol. The number of nitro benzene ring substituents is 1. The largest absolute Gasteiger partial charge is 0.504 e. The Morgan fingerprint density at radius 1 is 0.913 bits per heavy atom. The molecule has 0 spiro atoms. The zero-order valence-electron chi connectivity index (χ0n) is 25.2. The van der Waals surface area contributed by atoms with Crippen molar-refractivity contribution in [3.8, 4) is 11.5 Å². The molecule has 6 atom stereocenters. The van der Waals surface area contributed by atoms with E-state index in [4.69, 9.17) is 4.74 Å². The Morgan fingerprint density at radius 3 is 2.28 bits per heavy atom. The number of nitrogens with zero attached hydrogens (tertiary/aromatic N) is 3. The Balaban J connectivity index is 1.35. The molecular formula is C35H31N3O8. The number of phenolic OH excluding ortho intramolecular Hbond substituents is 1. The molecule has 4 amide bonds. The third kappa shape index (κ3) is 4.10. The van der Waals surface area contributed by atoms with Crippen molar-refractivity contribution < 1.29 is 33.9 Å². The number of imide groups is 2. The molecule has 11 heteroatoms. The number of aromatic hydroxyl groups is 1. The fourth-order valence-electron chi connectivity index (χ4n) is 8.18. The number of phenols is 1. The first-order valence-corrected chi connectivity index (χ1v) is 15.3. The number of fused-ring (bicyclic) bond motifs is 4. The van der Waals surface area contributed by atoms with Gasteiger partial charge in [0.05, 0.1) is 46.1 Å². The minimum Gasteiger partial charge on any atom is -0.504 e. The average molecular weight is 622 g/mol. The van der Waals surface area contributed by atoms with Gasteiger partial charge in [0.15, 0.2) is 11.5 Å². The lowest BCUT2D eigenvalue weighted by Gasteiger charge is -2.49. The molecule has 2 aliphatic heterocycles. The molecule has 1 saturated carbocycles. The molecule has 3 aromatic carbocycles. The number of allylic oxidation sites excluding steroid dienone is 2. The number of hydrogen-bond donors (Lipinski definition) is 1. The van der Waals surface area contributed by atoms with Crippen LogP contribution in [0, 0.1) is 39.2 Å². The third-order valence-corrected chi connectivity index (χ3v) is 10.2. The van der Waals surface area contributed by atoms with Crippen LogP contribution in [0.1, 0.15) is 38.2 Å². The number of non-ortho nitro benzene ring substituents is 1. The van der Waals surface area contributed by atoms with Gasteiger partial charge in [-0.25, -0.2) is 4.90 Å². The number of nitro groups is 1. The Hall–Kier alpha value is -5.32. The molecule has 0 radical (unpaired) electrons. The molecule has 0 unspecified atom stereocenters. The number of para-hydroxylation sites is 1. The van der Waals surface area contributed by atoms with E-state index in [1.54, 1.807) is 56.3 Å². The van der Waals surface area contributed by atoms with Gasteiger partial charge >= 0.3 is 0 Å². The van der Waals surface area contributed by atoms with Crippen LogP contribution in [0.2, 0.25) is 0 Å². The second kappa shape index (κ2) is 10.6. The number of anilines is 2. The van der Waals surface area contributed by atoms with Gasteiger partial charge in [-0.15, -0.1) is 0 Å². The number of benzene rings is 3. The van der Waals surface area contributed by atoms with Crippen molar-refractivity contribution in [3.63, 3.8) is 0 Å². The average Bonchev–Trinajstić information content (AvgIpc) is 3.42. The van der Waals surface area contributed by atoms with Crippen molar-refractivity contribution in [2.75, 3.05) is 16.4 Å². The summed E-state index contributed by atoms with van der Waals surface area (Å²) >= 11 is 0. The Kier molecular flexibility index (Phi) is 6.80. The SMILES string of the molecule is CCOc1cc([C@H]2C3=CC[C@@H]4C(=O)N(c5ccc([N+](=O)[O-])cc5)C(=O)[C@@H]4[C@@H]3C[C@H]3C(=O)N(c4ccccc4)C(=O)[C@@]23C)ccc1O. The Bertz CT molecular complexity index is 1840. The molecule has 2 saturated heterocycles. The van der Waals surface area contributed by atoms with Gasteiger partial charge in [0.2, 0.25) is 23.6 Å². The molecule has 234 valence electrons. The van der Waals surface area contributed by atoms with Crippen LogP contribution >= 0.6 is 0 Å². The van der Waals surface area contributed by atoms with Crippen LogP contribution in [0.15, 0.2) is 84.4 Å². The highest BCUT2D eigenvalue weighted by atomic mass is 16.6. The molecule has 0 aromatic heterocycles. The zero-order chi connectivity index (χ0) is 32.5. The van der Waals surface area contributed by atoms with E-state index in [0.717, 1.165) is 10.5 Å². The van der Waals surface area contributed by atoms with Crippen LogP contribution in [-0.4, -0.2) is 40.3 Å². The highest BCUT2D eigenvalue weighted by Gasteiger charge is 2.67. The minimum atomic E-state index is -1.23. The summed E-state index contributed by atoms with van der Waals surface area (Å²) in [5.74, 6) is -4.82. The summed E-state index contributed by atoms with van der Waals surface area (Å²) in [6.45, 7) is 3.89. The molecule has 11 nitrogen and oxygen atoms in total. The van der Waals surface area contributed by atoms with Gasteiger partial charge in [0.25, 0.3) is 5.69 Å². The normalized spacial score (nSPS) is 28.5. The molecule has 3 aromatic rings. The van der Waals surface area contributed by atoms with Crippen molar-refractivity contribution >= 4 is 40.7 Å². The number of rotatable bonds is 6. The fourth-order valence-corrected chi connectivity index (χ4v) is 8.18. The maximum atomic E-state index is 14.5. The minimum absolute atomic E-state index is 0.0626. The van der Waals surface area contributed by atoms with Crippen LogP contribution in [0.5, 0.6) is 11.5 Å². The van der Waals surface area contributed by atoms with Gasteiger partial charge in [-0.2, -0.15) is 0 Å². The van der Waals surface area contributed by atoms with E-state index in [2.05, 4.69) is 0 Å². The molecule has 7 rings (SSSR count). The molecule has 2 heterocycles. The lowest BCUT2D eigenvalue weighted by atomic mass is 9.51. The van der Waals surface area contributed by atoms with Crippen molar-refractivity contribution in [2.24, 2.45) is 29.1 Å². The first kappa shape index (κ1) is 29.4. The van der Waals surface area contributed by atoms with E-state index in [0.29, 0.717) is 17.9 Å². The van der Waals surface area contributed by atoms with Gasteiger partial charge in [0, 0.05) is 18.1 Å². The number of hydrogen-bond acceptors (Lipinski definition) is 8. The van der Waals surface area contributed by atoms with Gasteiger partial charge < -0.3 is 9.84 Å². The molecule has 4 aliphatic rings. The van der Waals surface area contributed by atoms with Crippen molar-refractivity contribution in [1.82, 2.24) is 0 Å². The van der Waals surface area contributed by atoms with E-state index < -0.39 is 51.7 Å². The maximum Gasteiger partial charge on any atom is 0.269 e. The molecule has 1 N–H and O–H groups in total. The van der Waals surface area contributed by atoms with Gasteiger partial charge in [0.1, 0.15) is 0 Å². The predicted octanol–water partition coefficient (Wildman–Crippen LogP) is 5.13. The van der Waals surface area contributed by atoms with E-state index in [1.165, 1.54) is 35.2 Å². The van der Waals surface area contributed by atoms with Crippen molar-refractivity contribution in [1.29, 1.82) is 0 Å². The quantitative estimate of drug-likeness (QED) is 0.172. The van der Waals surface area contributed by atoms with Crippen LogP contribution in [-0.2, 0) is 19.2 Å². The van der Waals surface area contributed by atoms with Crippen molar-refractivity contribution in [2.45, 2.75) is 32.6 Å². The fraction of sp³-hybridized carbons (Fsp3) is 0.314. The predicted molar refractivity (Wildman–Crippen MR) is 166 cm³/mol. The molecule has 3 fully saturated rings. The molecule has 2 aliphatic carbocycles. The first-order chi connectivity index (χ1) is 22.1. The van der Waals surface area contributed by atoms with E-state index in [1.807, 2.05) is 6.08 Å². The molecule has 0 bridgehead atoms. The van der Waals surface area contributed by atoms with Crippen molar-refractivity contribution in [3.05, 3.63) is 100 Å². The standard InChI is InChI=1S/C35H31N3O8/c1-3-46-28-17-19(9-16-27(28)39)30-23-14-15-24-29(33(42)36(31(24)40)21-10-12-22(13-11-21)38(44)45)25(23)18-26-32(41)37(34(43)35(26,30)2)20-7-5-4-6-8-20/h4-14,16-17,24-26,29-30,39H,3,15,18H2,1-2H3/t24-,25+,26-,29-,30-,35+/m0/s1. The van der Waals surface area contributed by atoms with E-state index >= 15 is 0 Å². The number of ether oxygens (including phenoxy) is 1. The topological polar surface area (TPSA) is 147 Å². The Labute approximate surface area is 264 Å². The summed E-state index contributed by atoms with van der Waals surface area (Å²) < 4.78 is 5.69. The number of carbonyl (C=O) groups excluding carboxylic acids is 4. The lowest BCUT2D eigenvalue weighted by molar-refractivity contribution is -0.384. The van der Waals surface area contributed by atoms with Crippen LogP contribution in [0.3, 0.4) is 0 Å². The molecular weight excluding hydrogens is 590 g/mol. The molecule has 46 heavy (non-hydrogen) atoms. The smallest absolute Gasteiger partial charge is 0.269 e. The first-order valence-electron chi connectivity index (χ1n) is 15.3. The number of carbonyl (C=O) groups is 4. The summed E-state index contributed by atoms with van der Waals surface area (Å²) in [7, 11) is 0. The van der Waals surface area contributed by atoms with Gasteiger partial charge in [-0.05, 0) is 74.6 Å². The van der Waals surface area contributed by atoms with Crippen LogP contribution in [0.25, 0.3) is 0 Å². The maximum absolute atomic E-state index is 14.5. The zero-order valence-corrected chi connectivity index (χ0v) is 25.2. The highest BCUT2D eigenvalue weighted by molar-refractivity contribution is 6.25. The summed E-state index contributed by atoms with van der Waals surface area (Å²) in [5.41, 5.74) is 0.770. The van der Waals surface area contributed by atoms with E-state index in [9.17, 15) is 34.4 Å².